The van der Waals surface area contributed by atoms with Gasteiger partial charge in [0.25, 0.3) is 5.91 Å². The fourth-order valence-corrected chi connectivity index (χ4v) is 3.54. The van der Waals surface area contributed by atoms with Crippen molar-refractivity contribution in [2.24, 2.45) is 0 Å². The van der Waals surface area contributed by atoms with Crippen LogP contribution in [0, 0.1) is 12.7 Å². The van der Waals surface area contributed by atoms with Crippen LogP contribution in [0.5, 0.6) is 0 Å². The minimum absolute atomic E-state index is 0.0961. The number of ketones is 1. The number of nitrogen functional groups attached to an aromatic ring is 1. The van der Waals surface area contributed by atoms with Crippen LogP contribution in [0.1, 0.15) is 51.7 Å². The van der Waals surface area contributed by atoms with Gasteiger partial charge in [0, 0.05) is 22.7 Å². The lowest BCUT2D eigenvalue weighted by molar-refractivity contribution is 0.0954. The van der Waals surface area contributed by atoms with Gasteiger partial charge < -0.3 is 16.0 Å². The van der Waals surface area contributed by atoms with E-state index in [0.717, 1.165) is 18.4 Å². The lowest BCUT2D eigenvalue weighted by Gasteiger charge is -2.11. The summed E-state index contributed by atoms with van der Waals surface area (Å²) in [5.41, 5.74) is 8.67. The Morgan fingerprint density at radius 2 is 1.87 bits per heavy atom. The van der Waals surface area contributed by atoms with Crippen LogP contribution in [0.15, 0.2) is 42.5 Å². The smallest absolute Gasteiger partial charge is 0.255 e. The van der Waals surface area contributed by atoms with Crippen LogP contribution < -0.4 is 11.1 Å². The molecule has 3 rings (SSSR count). The normalized spacial score (nSPS) is 10.8. The van der Waals surface area contributed by atoms with E-state index in [1.807, 2.05) is 13.8 Å². The minimum Gasteiger partial charge on any atom is -0.385 e. The number of anilines is 1. The number of benzene rings is 2. The average molecular weight is 428 g/mol. The van der Waals surface area contributed by atoms with Crippen molar-refractivity contribution in [1.29, 1.82) is 0 Å². The van der Waals surface area contributed by atoms with Crippen molar-refractivity contribution in [1.82, 2.24) is 10.3 Å². The second-order valence-electron chi connectivity index (χ2n) is 7.07. The molecule has 4 N–H and O–H groups in total. The van der Waals surface area contributed by atoms with E-state index in [1.54, 1.807) is 18.2 Å². The van der Waals surface area contributed by atoms with Gasteiger partial charge in [-0.25, -0.2) is 4.39 Å². The number of carbonyl (C=O) groups is 2. The Balaban J connectivity index is 2.17. The maximum Gasteiger partial charge on any atom is 0.255 e. The number of aryl methyl sites for hydroxylation is 1. The average Bonchev–Trinajstić information content (AvgIpc) is 3.05. The van der Waals surface area contributed by atoms with Crippen LogP contribution >= 0.6 is 11.6 Å². The Bertz CT molecular complexity index is 1090. The number of nitrogens with one attached hydrogen (secondary N) is 2. The maximum absolute atomic E-state index is 13.3. The molecular weight excluding hydrogens is 405 g/mol. The monoisotopic (exact) mass is 427 g/mol. The van der Waals surface area contributed by atoms with Crippen molar-refractivity contribution in [3.63, 3.8) is 0 Å². The SMILES string of the molecule is CCCCNC(=O)c1c(N)[nH]c(C(=O)c2ccc(F)cc2)c1-c1ccc(Cl)cc1C. The zero-order chi connectivity index (χ0) is 21.8. The summed E-state index contributed by atoms with van der Waals surface area (Å²) in [5.74, 6) is -1.10. The molecule has 1 aromatic heterocycles. The summed E-state index contributed by atoms with van der Waals surface area (Å²) in [4.78, 5) is 29.0. The standard InChI is InChI=1S/C23H23ClFN3O2/c1-3-4-11-27-23(30)19-18(17-10-7-15(24)12-13(17)2)20(28-22(19)26)21(29)14-5-8-16(25)9-6-14/h5-10,12,28H,3-4,11,26H2,1-2H3,(H,27,30). The van der Waals surface area contributed by atoms with Gasteiger partial charge in [-0.2, -0.15) is 0 Å². The molecule has 0 atom stereocenters. The molecule has 3 aromatic rings. The van der Waals surface area contributed by atoms with Crippen LogP contribution in [-0.2, 0) is 0 Å². The lowest BCUT2D eigenvalue weighted by Crippen LogP contribution is -2.25. The molecule has 0 aliphatic carbocycles. The van der Waals surface area contributed by atoms with Crippen molar-refractivity contribution >= 4 is 29.1 Å². The third-order valence-electron chi connectivity index (χ3n) is 4.86. The first-order valence-electron chi connectivity index (χ1n) is 9.69. The largest absolute Gasteiger partial charge is 0.385 e. The maximum atomic E-state index is 13.3. The first-order valence-corrected chi connectivity index (χ1v) is 10.1. The van der Waals surface area contributed by atoms with Crippen molar-refractivity contribution in [3.8, 4) is 11.1 Å². The van der Waals surface area contributed by atoms with Gasteiger partial charge in [0.1, 0.15) is 11.6 Å². The molecule has 0 spiro atoms. The molecule has 0 aliphatic rings. The fraction of sp³-hybridized carbons (Fsp3) is 0.217. The molecule has 1 amide bonds. The minimum atomic E-state index is -0.442. The van der Waals surface area contributed by atoms with Gasteiger partial charge in [-0.1, -0.05) is 31.0 Å². The molecule has 0 aliphatic heterocycles. The quantitative estimate of drug-likeness (QED) is 0.361. The van der Waals surface area contributed by atoms with E-state index < -0.39 is 11.6 Å². The highest BCUT2D eigenvalue weighted by Gasteiger charge is 2.28. The summed E-state index contributed by atoms with van der Waals surface area (Å²) in [6.45, 7) is 4.37. The summed E-state index contributed by atoms with van der Waals surface area (Å²) < 4.78 is 13.3. The Kier molecular flexibility index (Phi) is 6.57. The van der Waals surface area contributed by atoms with E-state index in [9.17, 15) is 14.0 Å². The second-order valence-corrected chi connectivity index (χ2v) is 7.50. The molecule has 0 fully saturated rings. The third-order valence-corrected chi connectivity index (χ3v) is 5.10. The number of rotatable bonds is 7. The van der Waals surface area contributed by atoms with Crippen molar-refractivity contribution in [3.05, 3.63) is 75.7 Å². The predicted octanol–water partition coefficient (Wildman–Crippen LogP) is 5.13. The number of nitrogens with two attached hydrogens (primary N) is 1. The van der Waals surface area contributed by atoms with Crippen molar-refractivity contribution < 1.29 is 14.0 Å². The molecular formula is C23H23ClFN3O2. The number of aromatic amines is 1. The number of unbranched alkanes of at least 4 members (excludes halogenated alkanes) is 1. The highest BCUT2D eigenvalue weighted by Crippen LogP contribution is 2.36. The van der Waals surface area contributed by atoms with Crippen LogP contribution in [0.25, 0.3) is 11.1 Å². The summed E-state index contributed by atoms with van der Waals surface area (Å²) in [6.07, 6.45) is 1.76. The summed E-state index contributed by atoms with van der Waals surface area (Å²) in [7, 11) is 0. The summed E-state index contributed by atoms with van der Waals surface area (Å²) in [6, 6.07) is 10.4. The molecule has 5 nitrogen and oxygen atoms in total. The van der Waals surface area contributed by atoms with Gasteiger partial charge in [0.15, 0.2) is 0 Å². The van der Waals surface area contributed by atoms with Crippen molar-refractivity contribution in [2.45, 2.75) is 26.7 Å². The van der Waals surface area contributed by atoms with Crippen LogP contribution in [-0.4, -0.2) is 23.2 Å². The fourth-order valence-electron chi connectivity index (χ4n) is 3.32. The number of H-pyrrole nitrogens is 1. The van der Waals surface area contributed by atoms with E-state index in [4.69, 9.17) is 17.3 Å². The summed E-state index contributed by atoms with van der Waals surface area (Å²) >= 11 is 6.10. The molecule has 0 radical (unpaired) electrons. The molecule has 0 bridgehead atoms. The van der Waals surface area contributed by atoms with E-state index >= 15 is 0 Å². The molecule has 156 valence electrons. The number of halogens is 2. The molecule has 0 saturated heterocycles. The van der Waals surface area contributed by atoms with E-state index in [1.165, 1.54) is 24.3 Å². The van der Waals surface area contributed by atoms with Crippen LogP contribution in [0.2, 0.25) is 5.02 Å². The molecule has 0 saturated carbocycles. The Labute approximate surface area is 179 Å². The first kappa shape index (κ1) is 21.6. The van der Waals surface area contributed by atoms with Crippen LogP contribution in [0.3, 0.4) is 0 Å². The number of amides is 1. The van der Waals surface area contributed by atoms with Gasteiger partial charge in [-0.3, -0.25) is 9.59 Å². The van der Waals surface area contributed by atoms with E-state index in [-0.39, 0.29) is 28.5 Å². The molecule has 30 heavy (non-hydrogen) atoms. The predicted molar refractivity (Wildman–Crippen MR) is 117 cm³/mol. The molecule has 2 aromatic carbocycles. The topological polar surface area (TPSA) is 88.0 Å². The van der Waals surface area contributed by atoms with Gasteiger partial charge in [-0.05, 0) is 60.9 Å². The number of hydrogen-bond acceptors (Lipinski definition) is 3. The Morgan fingerprint density at radius 1 is 1.17 bits per heavy atom. The first-order chi connectivity index (χ1) is 14.3. The number of carbonyl (C=O) groups excluding carboxylic acids is 2. The second kappa shape index (κ2) is 9.13. The van der Waals surface area contributed by atoms with Gasteiger partial charge in [0.2, 0.25) is 5.78 Å². The van der Waals surface area contributed by atoms with E-state index in [2.05, 4.69) is 10.3 Å². The van der Waals surface area contributed by atoms with Gasteiger partial charge >= 0.3 is 0 Å². The zero-order valence-corrected chi connectivity index (χ0v) is 17.6. The molecule has 1 heterocycles. The zero-order valence-electron chi connectivity index (χ0n) is 16.8. The highest BCUT2D eigenvalue weighted by atomic mass is 35.5. The van der Waals surface area contributed by atoms with Crippen LogP contribution in [0.4, 0.5) is 10.2 Å². The number of hydrogen-bond donors (Lipinski definition) is 3. The Morgan fingerprint density at radius 3 is 2.50 bits per heavy atom. The molecule has 7 heteroatoms. The molecule has 0 unspecified atom stereocenters. The van der Waals surface area contributed by atoms with E-state index in [0.29, 0.717) is 22.7 Å². The third kappa shape index (κ3) is 4.39. The summed E-state index contributed by atoms with van der Waals surface area (Å²) in [5, 5.41) is 3.40. The van der Waals surface area contributed by atoms with Crippen molar-refractivity contribution in [2.75, 3.05) is 12.3 Å². The van der Waals surface area contributed by atoms with Gasteiger partial charge in [0.05, 0.1) is 11.3 Å². The lowest BCUT2D eigenvalue weighted by atomic mass is 9.93. The van der Waals surface area contributed by atoms with Gasteiger partial charge in [-0.15, -0.1) is 0 Å². The number of aromatic nitrogens is 1. The Hall–Kier alpha value is -3.12. The highest BCUT2D eigenvalue weighted by molar-refractivity contribution is 6.30.